The number of nitrogens with one attached hydrogen (secondary N) is 1. The topological polar surface area (TPSA) is 199 Å². The average molecular weight is 1520 g/mol. The summed E-state index contributed by atoms with van der Waals surface area (Å²) in [7, 11) is -1.54. The molecule has 6 saturated heterocycles. The van der Waals surface area contributed by atoms with Gasteiger partial charge in [0, 0.05) is 94.0 Å². The molecule has 0 spiro atoms. The second-order valence-electron chi connectivity index (χ2n) is 26.8. The molecular weight excluding hydrogens is 1420 g/mol. The smallest absolute Gasteiger partial charge is 0.329 e. The van der Waals surface area contributed by atoms with E-state index in [2.05, 4.69) is 29.2 Å². The largest absolute Gasteiger partial charge is 0.490 e. The van der Waals surface area contributed by atoms with E-state index in [4.69, 9.17) is 83.8 Å². The minimum absolute atomic E-state index is 0. The van der Waals surface area contributed by atoms with Gasteiger partial charge in [0.2, 0.25) is 0 Å². The summed E-state index contributed by atoms with van der Waals surface area (Å²) in [6.45, 7) is 14.6. The molecule has 12 rings (SSSR count). The van der Waals surface area contributed by atoms with Crippen molar-refractivity contribution in [3.05, 3.63) is 186 Å². The summed E-state index contributed by atoms with van der Waals surface area (Å²) in [5, 5.41) is 22.7. The molecule has 3 atom stereocenters. The van der Waals surface area contributed by atoms with Crippen molar-refractivity contribution in [3.63, 3.8) is 0 Å². The summed E-state index contributed by atoms with van der Waals surface area (Å²) in [5.74, 6) is 1.59. The predicted molar refractivity (Wildman–Crippen MR) is 402 cm³/mol. The SMILES string of the molecule is Cc1cccc(S(=O)NC(=O)N2CCC(N3CCC(Oc4ccc(Cl)c(Cl)c4)CC3)CC2)c1.O.O=C(O)[C@@H](c1ccccc1)N1CCC(CN2CCC(Oc3ccc(Cl)c(Cl)c3)CC2)CC1.O=C(O)[C@H](Cc1ccc(F)cc1)N1CCC(CN2CCC(Oc3ccc(Cl)c(Cl)c3)CC2)CC1.[HH].[HH].[HH]. The highest BCUT2D eigenvalue weighted by molar-refractivity contribution is 7.83. The molecule has 0 saturated carbocycles. The van der Waals surface area contributed by atoms with Crippen LogP contribution in [0.1, 0.15) is 104 Å². The molecule has 0 aliphatic carbocycles. The van der Waals surface area contributed by atoms with Crippen LogP contribution in [0.4, 0.5) is 9.18 Å². The lowest BCUT2D eigenvalue weighted by atomic mass is 9.93. The third kappa shape index (κ3) is 23.5. The van der Waals surface area contributed by atoms with E-state index < -0.39 is 35.0 Å². The maximum Gasteiger partial charge on any atom is 0.329 e. The fourth-order valence-corrected chi connectivity index (χ4v) is 16.1. The number of carboxylic acid groups (broad SMARTS) is 2. The number of benzene rings is 6. The van der Waals surface area contributed by atoms with Crippen LogP contribution in [0.2, 0.25) is 30.1 Å². The molecule has 17 nitrogen and oxygen atoms in total. The number of piperidine rings is 6. The molecule has 6 fully saturated rings. The van der Waals surface area contributed by atoms with Gasteiger partial charge in [-0.15, -0.1) is 0 Å². The number of ether oxygens (including phenoxy) is 3. The van der Waals surface area contributed by atoms with Crippen molar-refractivity contribution in [3.8, 4) is 17.2 Å². The maximum atomic E-state index is 13.2. The van der Waals surface area contributed by atoms with Crippen LogP contribution in [0.15, 0.2) is 138 Å². The van der Waals surface area contributed by atoms with Crippen LogP contribution in [0.3, 0.4) is 0 Å². The zero-order valence-electron chi connectivity index (χ0n) is 56.4. The first kappa shape index (κ1) is 78.6. The van der Waals surface area contributed by atoms with Gasteiger partial charge in [-0.25, -0.2) is 13.4 Å². The standard InChI is InChI=1S/C26H31Cl2FN2O3.C25H30Cl2N2O3.C24H29Cl2N3O3S.H2O.3H2/c27-23-6-5-22(16-24(23)28)34-21-9-11-30(12-10-21)17-19-7-13-31(14-8-19)25(26(32)33)15-18-1-3-20(29)4-2-18;26-22-7-6-21(16-23(22)27)32-20-10-12-28(13-11-20)17-18-8-14-29(15-9-18)24(25(30)31)19-4-2-1-3-5-19;1-17-3-2-4-21(15-17)33(31)27-24(30)29-11-7-18(8-12-29)28-13-9-19(10-14-28)32-20-5-6-22(25)23(26)16-20;;;;/h1-6,16,19,21,25H,7-15,17H2,(H,32,33);1-7,16,18,20,24H,8-15,17H2,(H,30,31);2-6,15-16,18-19H,7-14H2,1H3,(H,27,30);1H2;3*1H/t25-;24-;;;;;/m01...../s1. The van der Waals surface area contributed by atoms with Crippen molar-refractivity contribution in [2.24, 2.45) is 11.8 Å². The van der Waals surface area contributed by atoms with Crippen LogP contribution in [-0.4, -0.2) is 189 Å². The maximum absolute atomic E-state index is 13.2. The molecule has 6 aromatic rings. The van der Waals surface area contributed by atoms with Gasteiger partial charge >= 0.3 is 18.0 Å². The monoisotopic (exact) mass is 1520 g/mol. The lowest BCUT2D eigenvalue weighted by molar-refractivity contribution is -0.145. The number of halogens is 7. The Morgan fingerprint density at radius 2 is 0.970 bits per heavy atom. The van der Waals surface area contributed by atoms with Crippen molar-refractivity contribution in [2.75, 3.05) is 91.6 Å². The van der Waals surface area contributed by atoms with Gasteiger partial charge in [0.05, 0.1) is 35.0 Å². The summed E-state index contributed by atoms with van der Waals surface area (Å²) in [5.41, 5.74) is 2.73. The minimum atomic E-state index is -1.54. The highest BCUT2D eigenvalue weighted by Crippen LogP contribution is 2.34. The van der Waals surface area contributed by atoms with E-state index in [1.54, 1.807) is 59.5 Å². The van der Waals surface area contributed by atoms with Crippen LogP contribution in [-0.2, 0) is 27.0 Å². The number of urea groups is 1. The van der Waals surface area contributed by atoms with Gasteiger partial charge in [0.15, 0.2) is 11.0 Å². The number of hydrogen-bond donors (Lipinski definition) is 3. The number of carbonyl (C=O) groups is 3. The number of carbonyl (C=O) groups excluding carboxylic acids is 1. The Bertz CT molecular complexity index is 3630. The number of aliphatic carboxylic acids is 2. The first-order valence-corrected chi connectivity index (χ1v) is 38.0. The Morgan fingerprint density at radius 3 is 1.40 bits per heavy atom. The van der Waals surface area contributed by atoms with Crippen LogP contribution in [0.5, 0.6) is 17.2 Å². The number of hydrogen-bond acceptors (Lipinski definition) is 12. The zero-order chi connectivity index (χ0) is 70.0. The molecule has 0 aromatic heterocycles. The van der Waals surface area contributed by atoms with Crippen LogP contribution >= 0.6 is 69.6 Å². The molecule has 1 unspecified atom stereocenters. The number of likely N-dealkylation sites (tertiary alicyclic amines) is 6. The lowest BCUT2D eigenvalue weighted by Gasteiger charge is -2.41. The molecule has 6 aliphatic heterocycles. The normalized spacial score (nSPS) is 19.5. The molecular formula is C75H98Cl6FN7O10S. The Kier molecular flexibility index (Phi) is 30.6. The van der Waals surface area contributed by atoms with E-state index in [1.165, 1.54) is 12.1 Å². The van der Waals surface area contributed by atoms with Crippen LogP contribution in [0.25, 0.3) is 0 Å². The van der Waals surface area contributed by atoms with Gasteiger partial charge in [0.1, 0.15) is 53.5 Å². The van der Waals surface area contributed by atoms with Crippen LogP contribution < -0.4 is 18.9 Å². The number of rotatable bonds is 20. The van der Waals surface area contributed by atoms with Crippen molar-refractivity contribution < 1.29 is 57.2 Å². The molecule has 0 bridgehead atoms. The van der Waals surface area contributed by atoms with Gasteiger partial charge in [-0.05, 0) is 206 Å². The quantitative estimate of drug-likeness (QED) is 0.0652. The number of aryl methyl sites for hydroxylation is 1. The van der Waals surface area contributed by atoms with Crippen LogP contribution in [0, 0.1) is 24.6 Å². The van der Waals surface area contributed by atoms with E-state index in [0.717, 1.165) is 190 Å². The van der Waals surface area contributed by atoms with Gasteiger partial charge in [-0.3, -0.25) is 29.0 Å². The average Bonchev–Trinajstić information content (AvgIpc) is 0.840. The second kappa shape index (κ2) is 38.9. The summed E-state index contributed by atoms with van der Waals surface area (Å²) in [6.07, 6.45) is 12.7. The minimum Gasteiger partial charge on any atom is -0.490 e. The Labute approximate surface area is 624 Å². The fourth-order valence-electron chi connectivity index (χ4n) is 14.3. The van der Waals surface area contributed by atoms with Crippen molar-refractivity contribution in [2.45, 2.75) is 132 Å². The van der Waals surface area contributed by atoms with Gasteiger partial charge in [-0.1, -0.05) is 124 Å². The van der Waals surface area contributed by atoms with E-state index >= 15 is 0 Å². The highest BCUT2D eigenvalue weighted by Gasteiger charge is 2.35. The van der Waals surface area contributed by atoms with Gasteiger partial charge < -0.3 is 44.6 Å². The Hall–Kier alpha value is -5.49. The van der Waals surface area contributed by atoms with Crippen molar-refractivity contribution in [1.82, 2.24) is 34.1 Å². The fraction of sp³-hybridized carbons (Fsp3) is 0.480. The summed E-state index contributed by atoms with van der Waals surface area (Å²) >= 11 is 36.2. The molecule has 6 heterocycles. The molecule has 25 heteroatoms. The Morgan fingerprint density at radius 1 is 0.520 bits per heavy atom. The molecule has 5 N–H and O–H groups in total. The highest BCUT2D eigenvalue weighted by atomic mass is 35.5. The first-order chi connectivity index (χ1) is 47.7. The molecule has 548 valence electrons. The third-order valence-corrected chi connectivity index (χ3v) is 23.2. The Balaban J connectivity index is 0.000000238. The zero-order valence-corrected chi connectivity index (χ0v) is 61.8. The van der Waals surface area contributed by atoms with E-state index in [1.807, 2.05) is 73.7 Å². The predicted octanol–water partition coefficient (Wildman–Crippen LogP) is 15.7. The lowest BCUT2D eigenvalue weighted by Crippen LogP contribution is -2.51. The van der Waals surface area contributed by atoms with E-state index in [9.17, 15) is 33.2 Å². The number of nitrogens with zero attached hydrogens (tertiary/aromatic N) is 6. The second-order valence-corrected chi connectivity index (χ2v) is 30.5. The van der Waals surface area contributed by atoms with E-state index in [-0.39, 0.29) is 39.9 Å². The molecule has 6 aromatic carbocycles. The summed E-state index contributed by atoms with van der Waals surface area (Å²) < 4.78 is 46.6. The number of carboxylic acids is 2. The van der Waals surface area contributed by atoms with Gasteiger partial charge in [-0.2, -0.15) is 0 Å². The van der Waals surface area contributed by atoms with Crippen molar-refractivity contribution >= 4 is 98.6 Å². The first-order valence-electron chi connectivity index (χ1n) is 34.6. The van der Waals surface area contributed by atoms with E-state index in [0.29, 0.717) is 72.4 Å². The molecule has 0 radical (unpaired) electrons. The van der Waals surface area contributed by atoms with Crippen molar-refractivity contribution in [1.29, 1.82) is 0 Å². The third-order valence-electron chi connectivity index (χ3n) is 19.9. The molecule has 100 heavy (non-hydrogen) atoms. The summed E-state index contributed by atoms with van der Waals surface area (Å²) in [4.78, 5) is 50.5. The molecule has 2 amide bonds. The summed E-state index contributed by atoms with van der Waals surface area (Å²) in [6, 6.07) is 38.3. The van der Waals surface area contributed by atoms with Gasteiger partial charge in [0.25, 0.3) is 0 Å². The molecule has 6 aliphatic rings. The number of amides is 2.